The van der Waals surface area contributed by atoms with Crippen molar-refractivity contribution in [3.8, 4) is 0 Å². The third kappa shape index (κ3) is 3.19. The van der Waals surface area contributed by atoms with Crippen LogP contribution in [-0.4, -0.2) is 48.5 Å². The number of rotatable bonds is 3. The van der Waals surface area contributed by atoms with Gasteiger partial charge in [0, 0.05) is 31.2 Å². The van der Waals surface area contributed by atoms with E-state index in [1.54, 1.807) is 7.11 Å². The van der Waals surface area contributed by atoms with Crippen molar-refractivity contribution in [1.82, 2.24) is 4.90 Å². The van der Waals surface area contributed by atoms with Crippen molar-refractivity contribution in [3.63, 3.8) is 0 Å². The van der Waals surface area contributed by atoms with Gasteiger partial charge in [-0.15, -0.1) is 0 Å². The highest BCUT2D eigenvalue weighted by Gasteiger charge is 2.34. The molecule has 0 spiro atoms. The van der Waals surface area contributed by atoms with Gasteiger partial charge < -0.3 is 9.84 Å². The number of methoxy groups -OCH3 is 1. The number of hydrogen-bond donors (Lipinski definition) is 1. The van der Waals surface area contributed by atoms with E-state index in [0.29, 0.717) is 12.0 Å². The van der Waals surface area contributed by atoms with Crippen molar-refractivity contribution in [1.29, 1.82) is 0 Å². The van der Waals surface area contributed by atoms with Crippen LogP contribution >= 0.6 is 0 Å². The van der Waals surface area contributed by atoms with Gasteiger partial charge >= 0.3 is 0 Å². The molecule has 1 fully saturated rings. The van der Waals surface area contributed by atoms with Gasteiger partial charge in [-0.3, -0.25) is 4.90 Å². The minimum atomic E-state index is 0.199. The maximum Gasteiger partial charge on any atom is 0.0622 e. The molecule has 3 unspecified atom stereocenters. The summed E-state index contributed by atoms with van der Waals surface area (Å²) in [5.41, 5.74) is 0.199. The quantitative estimate of drug-likeness (QED) is 0.802. The average Bonchev–Trinajstić information content (AvgIpc) is 2.25. The van der Waals surface area contributed by atoms with Crippen LogP contribution in [0.5, 0.6) is 0 Å². The van der Waals surface area contributed by atoms with Crippen molar-refractivity contribution in [2.24, 2.45) is 5.92 Å². The second kappa shape index (κ2) is 5.48. The molecule has 16 heavy (non-hydrogen) atoms. The summed E-state index contributed by atoms with van der Waals surface area (Å²) >= 11 is 0. The van der Waals surface area contributed by atoms with Crippen molar-refractivity contribution in [3.05, 3.63) is 0 Å². The second-order valence-electron chi connectivity index (χ2n) is 5.97. The van der Waals surface area contributed by atoms with Gasteiger partial charge in [-0.2, -0.15) is 0 Å². The van der Waals surface area contributed by atoms with E-state index in [-0.39, 0.29) is 18.2 Å². The van der Waals surface area contributed by atoms with Crippen molar-refractivity contribution >= 4 is 0 Å². The summed E-state index contributed by atoms with van der Waals surface area (Å²) < 4.78 is 5.43. The van der Waals surface area contributed by atoms with Gasteiger partial charge in [0.1, 0.15) is 0 Å². The van der Waals surface area contributed by atoms with Gasteiger partial charge in [0.2, 0.25) is 0 Å². The van der Waals surface area contributed by atoms with Crippen LogP contribution in [0.3, 0.4) is 0 Å². The maximum absolute atomic E-state index is 9.40. The molecule has 0 aliphatic heterocycles. The molecular formula is C13H27NO2. The first-order valence-corrected chi connectivity index (χ1v) is 6.26. The summed E-state index contributed by atoms with van der Waals surface area (Å²) in [5, 5.41) is 9.40. The molecule has 0 amide bonds. The van der Waals surface area contributed by atoms with Crippen LogP contribution < -0.4 is 0 Å². The lowest BCUT2D eigenvalue weighted by atomic mass is 9.82. The molecule has 1 saturated carbocycles. The van der Waals surface area contributed by atoms with Gasteiger partial charge in [0.05, 0.1) is 6.10 Å². The lowest BCUT2D eigenvalue weighted by molar-refractivity contribution is -0.0351. The predicted molar refractivity (Wildman–Crippen MR) is 66.5 cm³/mol. The van der Waals surface area contributed by atoms with Gasteiger partial charge in [0.25, 0.3) is 0 Å². The van der Waals surface area contributed by atoms with E-state index in [0.717, 1.165) is 12.8 Å². The molecular weight excluding hydrogens is 202 g/mol. The third-order valence-electron chi connectivity index (χ3n) is 4.03. The molecule has 0 saturated heterocycles. The SMILES string of the molecule is COC1CCC(N(C)C(C)(C)C)CC1CO. The standard InChI is InChI=1S/C13H27NO2/c1-13(2,3)14(4)11-6-7-12(16-5)10(8-11)9-15/h10-12,15H,6-9H2,1-5H3. The molecule has 1 aliphatic rings. The minimum absolute atomic E-state index is 0.199. The zero-order chi connectivity index (χ0) is 12.3. The van der Waals surface area contributed by atoms with E-state index in [9.17, 15) is 5.11 Å². The van der Waals surface area contributed by atoms with E-state index >= 15 is 0 Å². The summed E-state index contributed by atoms with van der Waals surface area (Å²) in [7, 11) is 3.94. The smallest absolute Gasteiger partial charge is 0.0622 e. The van der Waals surface area contributed by atoms with Gasteiger partial charge in [-0.05, 0) is 47.1 Å². The van der Waals surface area contributed by atoms with Crippen molar-refractivity contribution < 1.29 is 9.84 Å². The summed E-state index contributed by atoms with van der Waals surface area (Å²) in [6.07, 6.45) is 3.52. The summed E-state index contributed by atoms with van der Waals surface area (Å²) in [6, 6.07) is 0.573. The molecule has 3 heteroatoms. The minimum Gasteiger partial charge on any atom is -0.396 e. The second-order valence-corrected chi connectivity index (χ2v) is 5.97. The Morgan fingerprint density at radius 3 is 2.38 bits per heavy atom. The fourth-order valence-electron chi connectivity index (χ4n) is 2.61. The molecule has 1 aliphatic carbocycles. The lowest BCUT2D eigenvalue weighted by Gasteiger charge is -2.44. The van der Waals surface area contributed by atoms with Gasteiger partial charge in [-0.1, -0.05) is 0 Å². The highest BCUT2D eigenvalue weighted by molar-refractivity contribution is 4.88. The molecule has 1 rings (SSSR count). The summed E-state index contributed by atoms with van der Waals surface area (Å²) in [6.45, 7) is 6.96. The number of hydrogen-bond acceptors (Lipinski definition) is 3. The van der Waals surface area contributed by atoms with Crippen LogP contribution in [0.4, 0.5) is 0 Å². The molecule has 0 aromatic heterocycles. The molecule has 0 radical (unpaired) electrons. The molecule has 3 nitrogen and oxygen atoms in total. The zero-order valence-corrected chi connectivity index (χ0v) is 11.4. The number of nitrogens with zero attached hydrogens (tertiary/aromatic N) is 1. The molecule has 3 atom stereocenters. The Balaban J connectivity index is 2.60. The Labute approximate surface area is 99.8 Å². The van der Waals surface area contributed by atoms with Crippen LogP contribution in [0.1, 0.15) is 40.0 Å². The zero-order valence-electron chi connectivity index (χ0n) is 11.4. The molecule has 0 aromatic carbocycles. The van der Waals surface area contributed by atoms with Crippen LogP contribution in [-0.2, 0) is 4.74 Å². The Kier molecular flexibility index (Phi) is 4.77. The molecule has 1 N–H and O–H groups in total. The first kappa shape index (κ1) is 13.9. The van der Waals surface area contributed by atoms with Crippen LogP contribution in [0.25, 0.3) is 0 Å². The highest BCUT2D eigenvalue weighted by Crippen LogP contribution is 2.31. The third-order valence-corrected chi connectivity index (χ3v) is 4.03. The van der Waals surface area contributed by atoms with E-state index in [2.05, 4.69) is 32.7 Å². The number of aliphatic hydroxyl groups is 1. The molecule has 0 bridgehead atoms. The van der Waals surface area contributed by atoms with E-state index in [4.69, 9.17) is 4.74 Å². The summed E-state index contributed by atoms with van der Waals surface area (Å²) in [4.78, 5) is 2.43. The maximum atomic E-state index is 9.40. The monoisotopic (exact) mass is 229 g/mol. The highest BCUT2D eigenvalue weighted by atomic mass is 16.5. The van der Waals surface area contributed by atoms with Crippen LogP contribution in [0.15, 0.2) is 0 Å². The van der Waals surface area contributed by atoms with E-state index < -0.39 is 0 Å². The number of ether oxygens (including phenoxy) is 1. The Morgan fingerprint density at radius 1 is 1.31 bits per heavy atom. The largest absolute Gasteiger partial charge is 0.396 e. The van der Waals surface area contributed by atoms with Crippen LogP contribution in [0.2, 0.25) is 0 Å². The van der Waals surface area contributed by atoms with E-state index in [1.807, 2.05) is 0 Å². The van der Waals surface area contributed by atoms with Crippen LogP contribution in [0, 0.1) is 5.92 Å². The van der Waals surface area contributed by atoms with E-state index in [1.165, 1.54) is 6.42 Å². The first-order chi connectivity index (χ1) is 7.40. The fraction of sp³-hybridized carbons (Fsp3) is 1.00. The Hall–Kier alpha value is -0.120. The number of aliphatic hydroxyl groups excluding tert-OH is 1. The summed E-state index contributed by atoms with van der Waals surface area (Å²) in [5.74, 6) is 0.300. The molecule has 96 valence electrons. The van der Waals surface area contributed by atoms with Gasteiger partial charge in [-0.25, -0.2) is 0 Å². The topological polar surface area (TPSA) is 32.7 Å². The fourth-order valence-corrected chi connectivity index (χ4v) is 2.61. The lowest BCUT2D eigenvalue weighted by Crippen LogP contribution is -2.49. The van der Waals surface area contributed by atoms with Crippen molar-refractivity contribution in [2.45, 2.75) is 57.7 Å². The Morgan fingerprint density at radius 2 is 1.94 bits per heavy atom. The average molecular weight is 229 g/mol. The normalized spacial score (nSPS) is 32.1. The van der Waals surface area contributed by atoms with Crippen molar-refractivity contribution in [2.75, 3.05) is 20.8 Å². The molecule has 0 aromatic rings. The molecule has 0 heterocycles. The Bertz CT molecular complexity index is 212. The predicted octanol–water partition coefficient (Wildman–Crippen LogP) is 1.89. The van der Waals surface area contributed by atoms with Gasteiger partial charge in [0.15, 0.2) is 0 Å². The first-order valence-electron chi connectivity index (χ1n) is 6.26.